The number of oxazole rings is 1. The first-order valence-electron chi connectivity index (χ1n) is 4.46. The topological polar surface area (TPSA) is 26.0 Å². The molecule has 2 nitrogen and oxygen atoms in total. The number of nitrogens with zero attached hydrogens (tertiary/aromatic N) is 1. The number of aromatic nitrogens is 1. The van der Waals surface area contributed by atoms with Gasteiger partial charge < -0.3 is 4.42 Å². The van der Waals surface area contributed by atoms with E-state index in [1.165, 1.54) is 6.39 Å². The fraction of sp³-hybridized carbons (Fsp3) is 0.182. The van der Waals surface area contributed by atoms with Crippen molar-refractivity contribution in [2.45, 2.75) is 12.8 Å². The van der Waals surface area contributed by atoms with E-state index in [0.29, 0.717) is 5.88 Å². The summed E-state index contributed by atoms with van der Waals surface area (Å²) in [6, 6.07) is 6.07. The Hall–Kier alpha value is -0.800. The predicted octanol–water partition coefficient (Wildman–Crippen LogP) is 4.15. The van der Waals surface area contributed by atoms with Crippen molar-refractivity contribution >= 4 is 27.5 Å². The molecule has 4 heteroatoms. The van der Waals surface area contributed by atoms with Crippen LogP contribution in [0.2, 0.25) is 0 Å². The van der Waals surface area contributed by atoms with Gasteiger partial charge in [0, 0.05) is 10.0 Å². The number of rotatable bonds is 2. The Balaban J connectivity index is 2.53. The van der Waals surface area contributed by atoms with E-state index in [2.05, 4.69) is 20.9 Å². The first-order valence-corrected chi connectivity index (χ1v) is 5.79. The van der Waals surface area contributed by atoms with Gasteiger partial charge in [-0.1, -0.05) is 15.9 Å². The Bertz CT molecular complexity index is 461. The van der Waals surface area contributed by atoms with E-state index in [9.17, 15) is 0 Å². The second-order valence-corrected chi connectivity index (χ2v) is 4.46. The van der Waals surface area contributed by atoms with Crippen LogP contribution in [0.15, 0.2) is 33.5 Å². The van der Waals surface area contributed by atoms with E-state index in [4.69, 9.17) is 16.0 Å². The Kier molecular flexibility index (Phi) is 3.12. The van der Waals surface area contributed by atoms with E-state index in [-0.39, 0.29) is 0 Å². The van der Waals surface area contributed by atoms with Crippen LogP contribution in [-0.4, -0.2) is 4.98 Å². The van der Waals surface area contributed by atoms with Gasteiger partial charge in [-0.25, -0.2) is 4.98 Å². The quantitative estimate of drug-likeness (QED) is 0.775. The summed E-state index contributed by atoms with van der Waals surface area (Å²) in [5, 5.41) is 0. The summed E-state index contributed by atoms with van der Waals surface area (Å²) in [7, 11) is 0. The number of halogens is 2. The molecule has 0 aliphatic heterocycles. The van der Waals surface area contributed by atoms with Gasteiger partial charge in [-0.2, -0.15) is 0 Å². The summed E-state index contributed by atoms with van der Waals surface area (Å²) in [5.74, 6) is 1.10. The maximum Gasteiger partial charge on any atom is 0.181 e. The van der Waals surface area contributed by atoms with E-state index in [1.54, 1.807) is 0 Å². The minimum Gasteiger partial charge on any atom is -0.443 e. The molecule has 0 atom stereocenters. The third-order valence-corrected chi connectivity index (χ3v) is 2.78. The molecule has 1 aromatic heterocycles. The molecule has 78 valence electrons. The van der Waals surface area contributed by atoms with Gasteiger partial charge >= 0.3 is 0 Å². The molecule has 2 rings (SSSR count). The largest absolute Gasteiger partial charge is 0.443 e. The molecule has 1 aromatic carbocycles. The van der Waals surface area contributed by atoms with E-state index >= 15 is 0 Å². The number of alkyl halides is 1. The van der Waals surface area contributed by atoms with E-state index in [0.717, 1.165) is 27.1 Å². The van der Waals surface area contributed by atoms with Crippen molar-refractivity contribution in [2.24, 2.45) is 0 Å². The third kappa shape index (κ3) is 2.24. The first-order chi connectivity index (χ1) is 7.20. The van der Waals surface area contributed by atoms with Gasteiger partial charge in [-0.05, 0) is 30.7 Å². The van der Waals surface area contributed by atoms with Gasteiger partial charge in [0.25, 0.3) is 0 Å². The minimum atomic E-state index is 0.359. The van der Waals surface area contributed by atoms with Crippen LogP contribution < -0.4 is 0 Å². The zero-order valence-electron chi connectivity index (χ0n) is 8.13. The lowest BCUT2D eigenvalue weighted by Gasteiger charge is -2.02. The second kappa shape index (κ2) is 4.37. The van der Waals surface area contributed by atoms with Crippen LogP contribution in [0.25, 0.3) is 11.3 Å². The maximum absolute atomic E-state index is 5.77. The third-order valence-electron chi connectivity index (χ3n) is 2.07. The molecule has 0 spiro atoms. The summed E-state index contributed by atoms with van der Waals surface area (Å²) >= 11 is 9.22. The highest BCUT2D eigenvalue weighted by Crippen LogP contribution is 2.28. The highest BCUT2D eigenvalue weighted by Gasteiger charge is 2.10. The van der Waals surface area contributed by atoms with Crippen molar-refractivity contribution in [3.8, 4) is 11.3 Å². The van der Waals surface area contributed by atoms with Crippen LogP contribution in [0.1, 0.15) is 11.3 Å². The first kappa shape index (κ1) is 10.7. The Morgan fingerprint density at radius 3 is 2.87 bits per heavy atom. The number of benzene rings is 1. The molecule has 1 heterocycles. The lowest BCUT2D eigenvalue weighted by atomic mass is 10.1. The van der Waals surface area contributed by atoms with Crippen LogP contribution in [0.5, 0.6) is 0 Å². The molecule has 15 heavy (non-hydrogen) atoms. The molecule has 2 aromatic rings. The summed E-state index contributed by atoms with van der Waals surface area (Å²) < 4.78 is 6.36. The average Bonchev–Trinajstić information content (AvgIpc) is 2.63. The lowest BCUT2D eigenvalue weighted by Crippen LogP contribution is -1.84. The Morgan fingerprint density at radius 1 is 1.40 bits per heavy atom. The van der Waals surface area contributed by atoms with E-state index in [1.807, 2.05) is 25.1 Å². The molecule has 0 radical (unpaired) electrons. The summed E-state index contributed by atoms with van der Waals surface area (Å²) in [6.45, 7) is 2.03. The standard InChI is InChI=1S/C11H9BrClNO/c1-7-2-8(4-9(12)3-7)11-10(5-13)14-6-15-11/h2-4,6H,5H2,1H3. The van der Waals surface area contributed by atoms with Crippen LogP contribution in [0.4, 0.5) is 0 Å². The molecule has 0 aliphatic carbocycles. The normalized spacial score (nSPS) is 10.6. The predicted molar refractivity (Wildman–Crippen MR) is 63.9 cm³/mol. The fourth-order valence-electron chi connectivity index (χ4n) is 1.47. The minimum absolute atomic E-state index is 0.359. The summed E-state index contributed by atoms with van der Waals surface area (Å²) in [6.07, 6.45) is 1.42. The Morgan fingerprint density at radius 2 is 2.20 bits per heavy atom. The number of hydrogen-bond acceptors (Lipinski definition) is 2. The molecular weight excluding hydrogens is 277 g/mol. The molecule has 0 fully saturated rings. The number of aryl methyl sites for hydroxylation is 1. The molecular formula is C11H9BrClNO. The van der Waals surface area contributed by atoms with Gasteiger partial charge in [0.2, 0.25) is 0 Å². The van der Waals surface area contributed by atoms with Crippen LogP contribution >= 0.6 is 27.5 Å². The average molecular weight is 287 g/mol. The molecule has 0 amide bonds. The van der Waals surface area contributed by atoms with Gasteiger partial charge in [0.05, 0.1) is 5.88 Å². The zero-order chi connectivity index (χ0) is 10.8. The smallest absolute Gasteiger partial charge is 0.181 e. The molecule has 0 unspecified atom stereocenters. The molecule has 0 saturated carbocycles. The second-order valence-electron chi connectivity index (χ2n) is 3.28. The zero-order valence-corrected chi connectivity index (χ0v) is 10.5. The van der Waals surface area contributed by atoms with Gasteiger partial charge in [0.15, 0.2) is 12.2 Å². The maximum atomic E-state index is 5.77. The SMILES string of the molecule is Cc1cc(Br)cc(-c2ocnc2CCl)c1. The van der Waals surface area contributed by atoms with Crippen molar-refractivity contribution in [1.29, 1.82) is 0 Å². The Labute approximate surface area is 101 Å². The van der Waals surface area contributed by atoms with Crippen molar-refractivity contribution < 1.29 is 4.42 Å². The molecule has 0 N–H and O–H groups in total. The lowest BCUT2D eigenvalue weighted by molar-refractivity contribution is 0.571. The van der Waals surface area contributed by atoms with Crippen LogP contribution in [0, 0.1) is 6.92 Å². The molecule has 0 bridgehead atoms. The van der Waals surface area contributed by atoms with Crippen LogP contribution in [0.3, 0.4) is 0 Å². The van der Waals surface area contributed by atoms with Crippen molar-refractivity contribution in [3.63, 3.8) is 0 Å². The highest BCUT2D eigenvalue weighted by atomic mass is 79.9. The van der Waals surface area contributed by atoms with Gasteiger partial charge in [-0.3, -0.25) is 0 Å². The molecule has 0 aliphatic rings. The van der Waals surface area contributed by atoms with Crippen molar-refractivity contribution in [1.82, 2.24) is 4.98 Å². The van der Waals surface area contributed by atoms with Crippen LogP contribution in [-0.2, 0) is 5.88 Å². The summed E-state index contributed by atoms with van der Waals surface area (Å²) in [4.78, 5) is 4.06. The van der Waals surface area contributed by atoms with Crippen molar-refractivity contribution in [3.05, 3.63) is 40.3 Å². The fourth-order valence-corrected chi connectivity index (χ4v) is 2.26. The van der Waals surface area contributed by atoms with Gasteiger partial charge in [-0.15, -0.1) is 11.6 Å². The van der Waals surface area contributed by atoms with E-state index < -0.39 is 0 Å². The number of hydrogen-bond donors (Lipinski definition) is 0. The summed E-state index contributed by atoms with van der Waals surface area (Å²) in [5.41, 5.74) is 2.93. The monoisotopic (exact) mass is 285 g/mol. The van der Waals surface area contributed by atoms with Gasteiger partial charge in [0.1, 0.15) is 5.69 Å². The van der Waals surface area contributed by atoms with Crippen molar-refractivity contribution in [2.75, 3.05) is 0 Å². The highest BCUT2D eigenvalue weighted by molar-refractivity contribution is 9.10. The molecule has 0 saturated heterocycles.